The summed E-state index contributed by atoms with van der Waals surface area (Å²) in [6.07, 6.45) is -4.61. The van der Waals surface area contributed by atoms with Crippen LogP contribution in [0.15, 0.2) is 4.90 Å². The lowest BCUT2D eigenvalue weighted by atomic mass is 10.2. The summed E-state index contributed by atoms with van der Waals surface area (Å²) in [6.45, 7) is -1.96. The maximum atomic E-state index is 13.3. The molecular weight excluding hydrogens is 319 g/mol. The largest absolute Gasteiger partial charge is 0.405 e. The smallest absolute Gasteiger partial charge is 0.373 e. The number of hydrogen-bond acceptors (Lipinski definition) is 3. The third-order valence-electron chi connectivity index (χ3n) is 2.06. The van der Waals surface area contributed by atoms with E-state index in [2.05, 4.69) is 0 Å². The van der Waals surface area contributed by atoms with Gasteiger partial charge in [-0.1, -0.05) is 0 Å². The molecule has 0 spiro atoms. The van der Waals surface area contributed by atoms with E-state index in [0.29, 0.717) is 6.26 Å². The van der Waals surface area contributed by atoms with Crippen LogP contribution in [0.3, 0.4) is 0 Å². The molecular formula is C9H6F7NO2S. The first-order valence-electron chi connectivity index (χ1n) is 4.73. The summed E-state index contributed by atoms with van der Waals surface area (Å²) in [5.41, 5.74) is -1.61. The zero-order valence-electron chi connectivity index (χ0n) is 9.58. The van der Waals surface area contributed by atoms with Gasteiger partial charge in [0.2, 0.25) is 0 Å². The van der Waals surface area contributed by atoms with Gasteiger partial charge in [-0.3, -0.25) is 0 Å². The lowest BCUT2D eigenvalue weighted by Crippen LogP contribution is -2.24. The Kier molecular flexibility index (Phi) is 4.22. The van der Waals surface area contributed by atoms with Crippen LogP contribution in [-0.4, -0.2) is 27.4 Å². The van der Waals surface area contributed by atoms with Crippen LogP contribution in [0.1, 0.15) is 0 Å². The van der Waals surface area contributed by atoms with E-state index in [-0.39, 0.29) is 0 Å². The predicted octanol–water partition coefficient (Wildman–Crippen LogP) is 2.62. The van der Waals surface area contributed by atoms with Crippen molar-refractivity contribution in [2.45, 2.75) is 11.1 Å². The topological polar surface area (TPSA) is 46.2 Å². The van der Waals surface area contributed by atoms with Crippen molar-refractivity contribution in [1.29, 1.82) is 0 Å². The van der Waals surface area contributed by atoms with Crippen molar-refractivity contribution in [3.05, 3.63) is 23.3 Å². The van der Waals surface area contributed by atoms with Gasteiger partial charge in [-0.25, -0.2) is 26.0 Å². The second-order valence-corrected chi connectivity index (χ2v) is 5.65. The fraction of sp³-hybridized carbons (Fsp3) is 0.333. The van der Waals surface area contributed by atoms with Crippen LogP contribution in [0, 0.1) is 23.3 Å². The number of hydrogen-bond donors (Lipinski definition) is 1. The second kappa shape index (κ2) is 5.11. The van der Waals surface area contributed by atoms with E-state index in [1.807, 2.05) is 0 Å². The van der Waals surface area contributed by atoms with E-state index in [4.69, 9.17) is 0 Å². The Morgan fingerprint density at radius 1 is 0.950 bits per heavy atom. The fourth-order valence-corrected chi connectivity index (χ4v) is 2.25. The van der Waals surface area contributed by atoms with Crippen LogP contribution in [0.25, 0.3) is 0 Å². The maximum Gasteiger partial charge on any atom is 0.405 e. The van der Waals surface area contributed by atoms with E-state index in [1.165, 1.54) is 5.32 Å². The summed E-state index contributed by atoms with van der Waals surface area (Å²) in [7, 11) is -4.65. The number of rotatable bonds is 3. The average Bonchev–Trinajstić information content (AvgIpc) is 2.26. The molecule has 0 aliphatic heterocycles. The molecule has 1 rings (SSSR count). The van der Waals surface area contributed by atoms with Crippen molar-refractivity contribution in [2.75, 3.05) is 18.1 Å². The zero-order valence-corrected chi connectivity index (χ0v) is 10.4. The molecule has 1 N–H and O–H groups in total. The SMILES string of the molecule is CS(=O)(=O)c1c(F)c(F)c(F)c(F)c1NCC(F)(F)F. The van der Waals surface area contributed by atoms with E-state index in [9.17, 15) is 39.2 Å². The molecule has 0 amide bonds. The van der Waals surface area contributed by atoms with Gasteiger partial charge in [-0.15, -0.1) is 0 Å². The maximum absolute atomic E-state index is 13.3. The van der Waals surface area contributed by atoms with Gasteiger partial charge in [0.25, 0.3) is 0 Å². The minimum atomic E-state index is -4.91. The quantitative estimate of drug-likeness (QED) is 0.402. The van der Waals surface area contributed by atoms with Crippen molar-refractivity contribution in [1.82, 2.24) is 0 Å². The first-order chi connectivity index (χ1) is 8.86. The molecule has 0 fully saturated rings. The first-order valence-corrected chi connectivity index (χ1v) is 6.62. The van der Waals surface area contributed by atoms with E-state index >= 15 is 0 Å². The highest BCUT2D eigenvalue weighted by Gasteiger charge is 2.33. The van der Waals surface area contributed by atoms with Crippen LogP contribution in [0.5, 0.6) is 0 Å². The van der Waals surface area contributed by atoms with Gasteiger partial charge in [0.05, 0.1) is 5.69 Å². The van der Waals surface area contributed by atoms with Crippen LogP contribution >= 0.6 is 0 Å². The summed E-state index contributed by atoms with van der Waals surface area (Å²) in [6, 6.07) is 0. The van der Waals surface area contributed by atoms with Crippen molar-refractivity contribution in [2.24, 2.45) is 0 Å². The molecule has 0 radical (unpaired) electrons. The average molecular weight is 325 g/mol. The number of halogens is 7. The highest BCUT2D eigenvalue weighted by atomic mass is 32.2. The van der Waals surface area contributed by atoms with Crippen molar-refractivity contribution < 1.29 is 39.2 Å². The van der Waals surface area contributed by atoms with Crippen LogP contribution in [0.2, 0.25) is 0 Å². The zero-order chi connectivity index (χ0) is 15.9. The Balaban J connectivity index is 3.56. The van der Waals surface area contributed by atoms with Gasteiger partial charge in [0.1, 0.15) is 11.4 Å². The first kappa shape index (κ1) is 16.5. The molecule has 20 heavy (non-hydrogen) atoms. The molecule has 0 bridgehead atoms. The third kappa shape index (κ3) is 3.32. The highest BCUT2D eigenvalue weighted by Crippen LogP contribution is 2.32. The molecule has 11 heteroatoms. The van der Waals surface area contributed by atoms with Gasteiger partial charge in [0.15, 0.2) is 33.1 Å². The van der Waals surface area contributed by atoms with Crippen LogP contribution in [0.4, 0.5) is 36.4 Å². The molecule has 1 aromatic carbocycles. The highest BCUT2D eigenvalue weighted by molar-refractivity contribution is 7.90. The number of benzene rings is 1. The molecule has 0 atom stereocenters. The normalized spacial score (nSPS) is 12.6. The monoisotopic (exact) mass is 325 g/mol. The summed E-state index contributed by atoms with van der Waals surface area (Å²) in [5.74, 6) is -9.40. The Bertz CT molecular complexity index is 639. The molecule has 0 heterocycles. The molecule has 0 unspecified atom stereocenters. The molecule has 0 saturated heterocycles. The second-order valence-electron chi connectivity index (χ2n) is 3.70. The fourth-order valence-electron chi connectivity index (χ4n) is 1.31. The van der Waals surface area contributed by atoms with Crippen LogP contribution in [-0.2, 0) is 9.84 Å². The van der Waals surface area contributed by atoms with Gasteiger partial charge in [-0.05, 0) is 0 Å². The summed E-state index contributed by atoms with van der Waals surface area (Å²) < 4.78 is 111. The molecule has 114 valence electrons. The van der Waals surface area contributed by atoms with Crippen molar-refractivity contribution in [3.8, 4) is 0 Å². The number of sulfone groups is 1. The van der Waals surface area contributed by atoms with Gasteiger partial charge < -0.3 is 5.32 Å². The van der Waals surface area contributed by atoms with E-state index in [0.717, 1.165) is 0 Å². The van der Waals surface area contributed by atoms with Crippen molar-refractivity contribution in [3.63, 3.8) is 0 Å². The summed E-state index contributed by atoms with van der Waals surface area (Å²) >= 11 is 0. The Morgan fingerprint density at radius 3 is 1.80 bits per heavy atom. The molecule has 1 aromatic rings. The summed E-state index contributed by atoms with van der Waals surface area (Å²) in [5, 5.41) is 1.21. The summed E-state index contributed by atoms with van der Waals surface area (Å²) in [4.78, 5) is -1.71. The number of nitrogens with one attached hydrogen (secondary N) is 1. The number of anilines is 1. The minimum Gasteiger partial charge on any atom is -0.373 e. The van der Waals surface area contributed by atoms with E-state index < -0.39 is 56.4 Å². The van der Waals surface area contributed by atoms with E-state index in [1.54, 1.807) is 0 Å². The Morgan fingerprint density at radius 2 is 1.40 bits per heavy atom. The lowest BCUT2D eigenvalue weighted by molar-refractivity contribution is -0.115. The predicted molar refractivity (Wildman–Crippen MR) is 53.9 cm³/mol. The molecule has 3 nitrogen and oxygen atoms in total. The standard InChI is InChI=1S/C9H6F7NO2S/c1-20(18,19)8-6(13)4(11)3(10)5(12)7(8)17-2-9(14,15)16/h17H,2H2,1H3. The molecule has 0 aromatic heterocycles. The van der Waals surface area contributed by atoms with Gasteiger partial charge >= 0.3 is 6.18 Å². The van der Waals surface area contributed by atoms with Gasteiger partial charge in [-0.2, -0.15) is 13.2 Å². The third-order valence-corrected chi connectivity index (χ3v) is 3.19. The Hall–Kier alpha value is -1.52. The van der Waals surface area contributed by atoms with Gasteiger partial charge in [0, 0.05) is 6.26 Å². The lowest BCUT2D eigenvalue weighted by Gasteiger charge is -2.15. The molecule has 0 saturated carbocycles. The molecule has 0 aliphatic rings. The minimum absolute atomic E-state index is 0.307. The molecule has 0 aliphatic carbocycles. The van der Waals surface area contributed by atoms with Crippen LogP contribution < -0.4 is 5.32 Å². The number of alkyl halides is 3. The Labute approximate surface area is 108 Å². The van der Waals surface area contributed by atoms with Crippen molar-refractivity contribution >= 4 is 15.5 Å².